The number of carbonyl (C=O) groups excluding carboxylic acids is 1. The van der Waals surface area contributed by atoms with Crippen molar-refractivity contribution in [3.63, 3.8) is 0 Å². The lowest BCUT2D eigenvalue weighted by molar-refractivity contribution is -0.113. The van der Waals surface area contributed by atoms with Gasteiger partial charge in [-0.15, -0.1) is 10.2 Å². The molecule has 0 saturated carbocycles. The quantitative estimate of drug-likeness (QED) is 0.467. The Morgan fingerprint density at radius 3 is 2.30 bits per heavy atom. The molecule has 156 valence electrons. The van der Waals surface area contributed by atoms with Crippen LogP contribution < -0.4 is 16.7 Å². The maximum absolute atomic E-state index is 12.5. The Labute approximate surface area is 179 Å². The molecular weight excluding hydrogens is 398 g/mol. The number of amides is 1. The molecule has 0 fully saturated rings. The Morgan fingerprint density at radius 1 is 1.03 bits per heavy atom. The molecule has 30 heavy (non-hydrogen) atoms. The summed E-state index contributed by atoms with van der Waals surface area (Å²) in [7, 11) is 0. The average molecular weight is 424 g/mol. The average Bonchev–Trinajstić information content (AvgIpc) is 2.69. The van der Waals surface area contributed by atoms with Gasteiger partial charge in [-0.3, -0.25) is 9.59 Å². The van der Waals surface area contributed by atoms with Crippen LogP contribution in [0.1, 0.15) is 33.5 Å². The molecule has 3 aromatic rings. The van der Waals surface area contributed by atoms with Crippen LogP contribution in [-0.2, 0) is 11.2 Å². The van der Waals surface area contributed by atoms with Gasteiger partial charge < -0.3 is 11.2 Å². The van der Waals surface area contributed by atoms with Gasteiger partial charge >= 0.3 is 0 Å². The van der Waals surface area contributed by atoms with Crippen molar-refractivity contribution in [2.24, 2.45) is 0 Å². The van der Waals surface area contributed by atoms with Crippen LogP contribution in [-0.4, -0.2) is 26.5 Å². The van der Waals surface area contributed by atoms with Crippen molar-refractivity contribution in [1.82, 2.24) is 14.9 Å². The summed E-state index contributed by atoms with van der Waals surface area (Å²) in [5, 5.41) is 11.2. The van der Waals surface area contributed by atoms with Gasteiger partial charge in [-0.1, -0.05) is 59.3 Å². The molecule has 2 aromatic carbocycles. The van der Waals surface area contributed by atoms with Gasteiger partial charge in [-0.05, 0) is 44.4 Å². The van der Waals surface area contributed by atoms with Gasteiger partial charge in [0.2, 0.25) is 11.1 Å². The van der Waals surface area contributed by atoms with Gasteiger partial charge in [-0.2, -0.15) is 4.68 Å². The number of nitrogens with one attached hydrogen (secondary N) is 1. The van der Waals surface area contributed by atoms with E-state index in [1.165, 1.54) is 0 Å². The fourth-order valence-electron chi connectivity index (χ4n) is 3.21. The third-order valence-corrected chi connectivity index (χ3v) is 5.64. The summed E-state index contributed by atoms with van der Waals surface area (Å²) in [5.74, 6) is 5.78. The fourth-order valence-corrected chi connectivity index (χ4v) is 3.86. The predicted octanol–water partition coefficient (Wildman–Crippen LogP) is 2.91. The van der Waals surface area contributed by atoms with Crippen molar-refractivity contribution >= 4 is 23.4 Å². The van der Waals surface area contributed by atoms with Crippen LogP contribution >= 0.6 is 11.8 Å². The number of hydrogen-bond acceptors (Lipinski definition) is 6. The van der Waals surface area contributed by atoms with E-state index in [2.05, 4.69) is 15.5 Å². The van der Waals surface area contributed by atoms with Crippen LogP contribution in [0.4, 0.5) is 5.69 Å². The third-order valence-electron chi connectivity index (χ3n) is 4.69. The Morgan fingerprint density at radius 2 is 1.67 bits per heavy atom. The lowest BCUT2D eigenvalue weighted by Crippen LogP contribution is -2.34. The smallest absolute Gasteiger partial charge is 0.294 e. The maximum atomic E-state index is 12.5. The molecule has 0 bridgehead atoms. The van der Waals surface area contributed by atoms with E-state index in [9.17, 15) is 9.59 Å². The molecule has 0 saturated heterocycles. The highest BCUT2D eigenvalue weighted by Crippen LogP contribution is 2.22. The van der Waals surface area contributed by atoms with Crippen LogP contribution in [0, 0.1) is 27.7 Å². The van der Waals surface area contributed by atoms with Crippen LogP contribution in [0.3, 0.4) is 0 Å². The zero-order chi connectivity index (χ0) is 21.8. The first-order valence-electron chi connectivity index (χ1n) is 9.54. The second-order valence-corrected chi connectivity index (χ2v) is 8.32. The van der Waals surface area contributed by atoms with Gasteiger partial charge in [0, 0.05) is 12.1 Å². The Hall–Kier alpha value is -3.13. The van der Waals surface area contributed by atoms with Crippen molar-refractivity contribution in [3.8, 4) is 0 Å². The van der Waals surface area contributed by atoms with E-state index in [0.29, 0.717) is 6.42 Å². The molecule has 0 aliphatic rings. The van der Waals surface area contributed by atoms with E-state index in [1.54, 1.807) is 0 Å². The zero-order valence-corrected chi connectivity index (χ0v) is 18.3. The normalized spacial score (nSPS) is 10.8. The second-order valence-electron chi connectivity index (χ2n) is 7.38. The van der Waals surface area contributed by atoms with Crippen LogP contribution in [0.15, 0.2) is 46.3 Å². The highest BCUT2D eigenvalue weighted by Gasteiger charge is 2.14. The topological polar surface area (TPSA) is 103 Å². The summed E-state index contributed by atoms with van der Waals surface area (Å²) < 4.78 is 0.955. The summed E-state index contributed by atoms with van der Waals surface area (Å²) in [5.41, 5.74) is 5.89. The van der Waals surface area contributed by atoms with Gasteiger partial charge in [0.25, 0.3) is 5.56 Å². The second kappa shape index (κ2) is 9.13. The lowest BCUT2D eigenvalue weighted by Gasteiger charge is -2.13. The molecule has 0 aliphatic carbocycles. The monoisotopic (exact) mass is 423 g/mol. The van der Waals surface area contributed by atoms with Crippen molar-refractivity contribution in [3.05, 3.63) is 80.3 Å². The minimum atomic E-state index is -0.418. The molecule has 0 aliphatic heterocycles. The van der Waals surface area contributed by atoms with Crippen molar-refractivity contribution in [2.75, 3.05) is 16.9 Å². The van der Waals surface area contributed by atoms with E-state index in [0.717, 1.165) is 49.9 Å². The fraction of sp³-hybridized carbons (Fsp3) is 0.273. The molecule has 3 N–H and O–H groups in total. The summed E-state index contributed by atoms with van der Waals surface area (Å²) in [4.78, 5) is 24.9. The Kier molecular flexibility index (Phi) is 6.56. The molecular formula is C22H25N5O2S. The molecule has 1 aromatic heterocycles. The maximum Gasteiger partial charge on any atom is 0.294 e. The molecule has 1 heterocycles. The van der Waals surface area contributed by atoms with Gasteiger partial charge in [-0.25, -0.2) is 0 Å². The first-order valence-corrected chi connectivity index (χ1v) is 10.5. The van der Waals surface area contributed by atoms with Crippen LogP contribution in [0.25, 0.3) is 0 Å². The van der Waals surface area contributed by atoms with Crippen molar-refractivity contribution < 1.29 is 4.79 Å². The number of aromatic nitrogens is 3. The molecule has 0 spiro atoms. The number of nitrogen functional groups attached to an aromatic ring is 1. The van der Waals surface area contributed by atoms with Crippen molar-refractivity contribution in [2.45, 2.75) is 39.3 Å². The number of aryl methyl sites for hydroxylation is 4. The molecule has 0 atom stereocenters. The molecule has 0 radical (unpaired) electrons. The minimum Gasteiger partial charge on any atom is -0.334 e. The van der Waals surface area contributed by atoms with Crippen LogP contribution in [0.5, 0.6) is 0 Å². The number of rotatable bonds is 6. The number of benzene rings is 2. The van der Waals surface area contributed by atoms with E-state index in [-0.39, 0.29) is 22.5 Å². The Balaban J connectivity index is 1.67. The molecule has 7 nitrogen and oxygen atoms in total. The summed E-state index contributed by atoms with van der Waals surface area (Å²) >= 11 is 1.07. The SMILES string of the molecule is Cc1ccc(Cc2nnc(SCC(=O)Nc3c(C)cc(C)cc3C)n(N)c2=O)cc1. The minimum absolute atomic E-state index is 0.0649. The Bertz CT molecular complexity index is 1120. The van der Waals surface area contributed by atoms with E-state index in [1.807, 2.05) is 64.1 Å². The predicted molar refractivity (Wildman–Crippen MR) is 120 cm³/mol. The number of thioether (sulfide) groups is 1. The highest BCUT2D eigenvalue weighted by molar-refractivity contribution is 7.99. The van der Waals surface area contributed by atoms with Crippen molar-refractivity contribution in [1.29, 1.82) is 0 Å². The first-order chi connectivity index (χ1) is 14.2. The molecule has 1 amide bonds. The summed E-state index contributed by atoms with van der Waals surface area (Å²) in [6, 6.07) is 11.9. The number of carbonyl (C=O) groups is 1. The van der Waals surface area contributed by atoms with Gasteiger partial charge in [0.15, 0.2) is 0 Å². The van der Waals surface area contributed by atoms with Crippen LogP contribution in [0.2, 0.25) is 0 Å². The number of nitrogens with zero attached hydrogens (tertiary/aromatic N) is 3. The molecule has 8 heteroatoms. The first kappa shape index (κ1) is 21.6. The number of anilines is 1. The standard InChI is InChI=1S/C22H25N5O2S/c1-13-5-7-17(8-6-13)11-18-21(29)27(23)22(26-25-18)30-12-19(28)24-20-15(3)9-14(2)10-16(20)4/h5-10H,11-12,23H2,1-4H3,(H,24,28). The number of nitrogens with two attached hydrogens (primary N) is 1. The summed E-state index contributed by atoms with van der Waals surface area (Å²) in [6.07, 6.45) is 0.348. The highest BCUT2D eigenvalue weighted by atomic mass is 32.2. The molecule has 3 rings (SSSR count). The number of hydrogen-bond donors (Lipinski definition) is 2. The van der Waals surface area contributed by atoms with E-state index in [4.69, 9.17) is 5.84 Å². The zero-order valence-electron chi connectivity index (χ0n) is 17.5. The lowest BCUT2D eigenvalue weighted by atomic mass is 10.1. The summed E-state index contributed by atoms with van der Waals surface area (Å²) in [6.45, 7) is 7.93. The molecule has 0 unspecified atom stereocenters. The van der Waals surface area contributed by atoms with E-state index < -0.39 is 5.56 Å². The van der Waals surface area contributed by atoms with Gasteiger partial charge in [0.05, 0.1) is 5.75 Å². The largest absolute Gasteiger partial charge is 0.334 e. The van der Waals surface area contributed by atoms with E-state index >= 15 is 0 Å². The third kappa shape index (κ3) is 5.07. The van der Waals surface area contributed by atoms with Gasteiger partial charge in [0.1, 0.15) is 5.69 Å².